The van der Waals surface area contributed by atoms with E-state index >= 15 is 0 Å². The van der Waals surface area contributed by atoms with Gasteiger partial charge in [0.05, 0.1) is 5.69 Å². The molecule has 1 saturated carbocycles. The Hall–Kier alpha value is -0.100. The Morgan fingerprint density at radius 2 is 2.31 bits per heavy atom. The van der Waals surface area contributed by atoms with E-state index in [1.807, 2.05) is 0 Å². The summed E-state index contributed by atoms with van der Waals surface area (Å²) in [5, 5.41) is 3.39. The summed E-state index contributed by atoms with van der Waals surface area (Å²) in [6, 6.07) is 0. The standard InChI is InChI=1S/C9H12IN3/c10-8-7-5-11-3-4-13(7)9(12-8)6-1-2-6/h6,11H,1-5H2. The van der Waals surface area contributed by atoms with Crippen LogP contribution in [0.5, 0.6) is 0 Å². The van der Waals surface area contributed by atoms with E-state index in [9.17, 15) is 0 Å². The summed E-state index contributed by atoms with van der Waals surface area (Å²) in [4.78, 5) is 4.66. The van der Waals surface area contributed by atoms with Crippen LogP contribution < -0.4 is 5.32 Å². The maximum atomic E-state index is 4.66. The van der Waals surface area contributed by atoms with Crippen molar-refractivity contribution < 1.29 is 0 Å². The highest BCUT2D eigenvalue weighted by Crippen LogP contribution is 2.40. The molecule has 4 heteroatoms. The van der Waals surface area contributed by atoms with E-state index < -0.39 is 0 Å². The van der Waals surface area contributed by atoms with Gasteiger partial charge in [-0.3, -0.25) is 0 Å². The molecule has 3 nitrogen and oxygen atoms in total. The summed E-state index contributed by atoms with van der Waals surface area (Å²) >= 11 is 2.35. The molecule has 1 aromatic heterocycles. The average molecular weight is 289 g/mol. The Balaban J connectivity index is 2.09. The van der Waals surface area contributed by atoms with E-state index in [1.165, 1.54) is 28.1 Å². The summed E-state index contributed by atoms with van der Waals surface area (Å²) < 4.78 is 3.63. The molecule has 3 rings (SSSR count). The lowest BCUT2D eigenvalue weighted by molar-refractivity contribution is 0.500. The number of halogens is 1. The Labute approximate surface area is 91.1 Å². The van der Waals surface area contributed by atoms with Crippen LogP contribution in [0.15, 0.2) is 0 Å². The largest absolute Gasteiger partial charge is 0.328 e. The second-order valence-corrected chi connectivity index (χ2v) is 4.83. The van der Waals surface area contributed by atoms with Crippen molar-refractivity contribution in [3.05, 3.63) is 15.2 Å². The van der Waals surface area contributed by atoms with Crippen molar-refractivity contribution >= 4 is 22.6 Å². The molecule has 1 aromatic rings. The van der Waals surface area contributed by atoms with Gasteiger partial charge >= 0.3 is 0 Å². The minimum absolute atomic E-state index is 0.778. The Morgan fingerprint density at radius 3 is 3.08 bits per heavy atom. The molecule has 0 bridgehead atoms. The first kappa shape index (κ1) is 8.23. The lowest BCUT2D eigenvalue weighted by atomic mass is 10.3. The van der Waals surface area contributed by atoms with Crippen LogP contribution in [0.3, 0.4) is 0 Å². The van der Waals surface area contributed by atoms with Crippen LogP contribution in [-0.4, -0.2) is 16.1 Å². The first-order valence-corrected chi connectivity index (χ1v) is 5.89. The molecule has 1 fully saturated rings. The summed E-state index contributed by atoms with van der Waals surface area (Å²) in [6.07, 6.45) is 2.69. The van der Waals surface area contributed by atoms with Gasteiger partial charge in [-0.15, -0.1) is 0 Å². The number of fused-ring (bicyclic) bond motifs is 1. The van der Waals surface area contributed by atoms with E-state index in [1.54, 1.807) is 0 Å². The van der Waals surface area contributed by atoms with E-state index in [2.05, 4.69) is 37.5 Å². The van der Waals surface area contributed by atoms with Crippen LogP contribution in [0, 0.1) is 3.70 Å². The Bertz CT molecular complexity index is 341. The van der Waals surface area contributed by atoms with Crippen molar-refractivity contribution in [2.45, 2.75) is 31.8 Å². The quantitative estimate of drug-likeness (QED) is 0.793. The summed E-state index contributed by atoms with van der Waals surface area (Å²) in [5.41, 5.74) is 1.40. The van der Waals surface area contributed by atoms with E-state index in [-0.39, 0.29) is 0 Å². The molecule has 0 atom stereocenters. The van der Waals surface area contributed by atoms with Gasteiger partial charge in [-0.05, 0) is 35.4 Å². The number of rotatable bonds is 1. The topological polar surface area (TPSA) is 29.9 Å². The smallest absolute Gasteiger partial charge is 0.124 e. The van der Waals surface area contributed by atoms with Gasteiger partial charge in [0.15, 0.2) is 0 Å². The van der Waals surface area contributed by atoms with Gasteiger partial charge < -0.3 is 9.88 Å². The van der Waals surface area contributed by atoms with Crippen LogP contribution in [-0.2, 0) is 13.1 Å². The fourth-order valence-electron chi connectivity index (χ4n) is 1.94. The van der Waals surface area contributed by atoms with Crippen LogP contribution in [0.2, 0.25) is 0 Å². The van der Waals surface area contributed by atoms with Crippen molar-refractivity contribution in [2.75, 3.05) is 6.54 Å². The minimum Gasteiger partial charge on any atom is -0.328 e. The first-order chi connectivity index (χ1) is 6.36. The zero-order valence-corrected chi connectivity index (χ0v) is 9.54. The lowest BCUT2D eigenvalue weighted by Crippen LogP contribution is -2.29. The monoisotopic (exact) mass is 289 g/mol. The first-order valence-electron chi connectivity index (χ1n) is 4.82. The number of nitrogens with one attached hydrogen (secondary N) is 1. The highest BCUT2D eigenvalue weighted by atomic mass is 127. The normalized spacial score (nSPS) is 21.6. The summed E-state index contributed by atoms with van der Waals surface area (Å²) in [7, 11) is 0. The van der Waals surface area contributed by atoms with E-state index in [0.29, 0.717) is 0 Å². The fraction of sp³-hybridized carbons (Fsp3) is 0.667. The minimum atomic E-state index is 0.778. The summed E-state index contributed by atoms with van der Waals surface area (Å²) in [6.45, 7) is 3.20. The van der Waals surface area contributed by atoms with Gasteiger partial charge in [0, 0.05) is 25.6 Å². The lowest BCUT2D eigenvalue weighted by Gasteiger charge is -2.17. The van der Waals surface area contributed by atoms with Crippen molar-refractivity contribution in [3.8, 4) is 0 Å². The molecule has 1 aliphatic carbocycles. The molecular weight excluding hydrogens is 277 g/mol. The third-order valence-electron chi connectivity index (χ3n) is 2.80. The van der Waals surface area contributed by atoms with Gasteiger partial charge in [-0.1, -0.05) is 0 Å². The predicted molar refractivity (Wildman–Crippen MR) is 58.6 cm³/mol. The van der Waals surface area contributed by atoms with Crippen LogP contribution in [0.1, 0.15) is 30.3 Å². The summed E-state index contributed by atoms with van der Waals surface area (Å²) in [5.74, 6) is 2.13. The molecule has 0 saturated heterocycles. The van der Waals surface area contributed by atoms with Crippen LogP contribution >= 0.6 is 22.6 Å². The second-order valence-electron chi connectivity index (χ2n) is 3.81. The molecule has 1 aliphatic heterocycles. The highest BCUT2D eigenvalue weighted by molar-refractivity contribution is 14.1. The highest BCUT2D eigenvalue weighted by Gasteiger charge is 2.31. The third kappa shape index (κ3) is 1.30. The van der Waals surface area contributed by atoms with Gasteiger partial charge in [0.1, 0.15) is 9.53 Å². The molecule has 70 valence electrons. The third-order valence-corrected chi connectivity index (χ3v) is 3.66. The maximum Gasteiger partial charge on any atom is 0.124 e. The SMILES string of the molecule is Ic1nc(C2CC2)n2c1CNCC2. The van der Waals surface area contributed by atoms with Crippen LogP contribution in [0.4, 0.5) is 0 Å². The van der Waals surface area contributed by atoms with Gasteiger partial charge in [0.25, 0.3) is 0 Å². The van der Waals surface area contributed by atoms with Crippen molar-refractivity contribution in [1.82, 2.24) is 14.9 Å². The molecule has 2 heterocycles. The molecule has 13 heavy (non-hydrogen) atoms. The molecule has 0 radical (unpaired) electrons. The molecule has 0 aromatic carbocycles. The molecule has 1 N–H and O–H groups in total. The Kier molecular flexibility index (Phi) is 1.87. The van der Waals surface area contributed by atoms with Crippen molar-refractivity contribution in [1.29, 1.82) is 0 Å². The van der Waals surface area contributed by atoms with Gasteiger partial charge in [-0.2, -0.15) is 0 Å². The van der Waals surface area contributed by atoms with E-state index in [4.69, 9.17) is 0 Å². The number of nitrogens with zero attached hydrogens (tertiary/aromatic N) is 2. The molecule has 2 aliphatic rings. The fourth-order valence-corrected chi connectivity index (χ4v) is 2.67. The van der Waals surface area contributed by atoms with Gasteiger partial charge in [0.2, 0.25) is 0 Å². The second kappa shape index (κ2) is 2.95. The number of imidazole rings is 1. The zero-order chi connectivity index (χ0) is 8.84. The zero-order valence-electron chi connectivity index (χ0n) is 7.39. The Morgan fingerprint density at radius 1 is 1.46 bits per heavy atom. The number of aromatic nitrogens is 2. The molecule has 0 amide bonds. The number of hydrogen-bond acceptors (Lipinski definition) is 2. The molecule has 0 unspecified atom stereocenters. The average Bonchev–Trinajstić information content (AvgIpc) is 2.94. The number of hydrogen-bond donors (Lipinski definition) is 1. The van der Waals surface area contributed by atoms with Crippen LogP contribution in [0.25, 0.3) is 0 Å². The van der Waals surface area contributed by atoms with Crippen molar-refractivity contribution in [2.24, 2.45) is 0 Å². The van der Waals surface area contributed by atoms with Crippen molar-refractivity contribution in [3.63, 3.8) is 0 Å². The molecule has 0 spiro atoms. The van der Waals surface area contributed by atoms with Gasteiger partial charge in [-0.25, -0.2) is 4.98 Å². The predicted octanol–water partition coefficient (Wildman–Crippen LogP) is 1.47. The van der Waals surface area contributed by atoms with E-state index in [0.717, 1.165) is 25.6 Å². The maximum absolute atomic E-state index is 4.66. The molecular formula is C9H12IN3.